The van der Waals surface area contributed by atoms with Gasteiger partial charge in [0.05, 0.1) is 11.0 Å². The van der Waals surface area contributed by atoms with Crippen molar-refractivity contribution in [3.8, 4) is 39.1 Å². The van der Waals surface area contributed by atoms with Gasteiger partial charge in [0.1, 0.15) is 5.75 Å². The number of rotatable bonds is 10. The summed E-state index contributed by atoms with van der Waals surface area (Å²) in [5, 5.41) is 0. The number of aryl methyl sites for hydroxylation is 2. The van der Waals surface area contributed by atoms with Crippen LogP contribution in [-0.4, -0.2) is 5.97 Å². The van der Waals surface area contributed by atoms with Gasteiger partial charge in [0.15, 0.2) is 0 Å². The Morgan fingerprint density at radius 2 is 1.05 bits per heavy atom. The minimum Gasteiger partial charge on any atom is -0.423 e. The van der Waals surface area contributed by atoms with Gasteiger partial charge >= 0.3 is 5.97 Å². The van der Waals surface area contributed by atoms with Crippen LogP contribution < -0.4 is 9.64 Å². The normalized spacial score (nSPS) is 12.4. The molecular formula is C61H49NO2. The molecule has 0 heterocycles. The Labute approximate surface area is 376 Å². The largest absolute Gasteiger partial charge is 0.423 e. The molecule has 0 aromatic heterocycles. The molecular weight excluding hydrogens is 779 g/mol. The molecule has 1 aliphatic carbocycles. The van der Waals surface area contributed by atoms with E-state index < -0.39 is 11.4 Å². The van der Waals surface area contributed by atoms with Crippen molar-refractivity contribution < 1.29 is 9.53 Å². The molecule has 0 saturated heterocycles. The molecule has 64 heavy (non-hydrogen) atoms. The first kappa shape index (κ1) is 40.3. The van der Waals surface area contributed by atoms with E-state index in [2.05, 4.69) is 209 Å². The van der Waals surface area contributed by atoms with Crippen molar-refractivity contribution >= 4 is 23.0 Å². The lowest BCUT2D eigenvalue weighted by Gasteiger charge is -2.35. The number of esters is 1. The summed E-state index contributed by atoms with van der Waals surface area (Å²) in [4.78, 5) is 16.3. The smallest absolute Gasteiger partial charge is 0.343 e. The molecule has 0 bridgehead atoms. The summed E-state index contributed by atoms with van der Waals surface area (Å²) in [6.45, 7) is 8.66. The number of anilines is 3. The lowest BCUT2D eigenvalue weighted by molar-refractivity contribution is 0.0734. The molecule has 9 aromatic carbocycles. The van der Waals surface area contributed by atoms with Crippen LogP contribution in [0.2, 0.25) is 0 Å². The molecule has 0 fully saturated rings. The first-order valence-corrected chi connectivity index (χ1v) is 22.1. The number of carbonyl (C=O) groups is 1. The van der Waals surface area contributed by atoms with Crippen LogP contribution in [0.4, 0.5) is 17.1 Å². The van der Waals surface area contributed by atoms with Gasteiger partial charge in [-0.1, -0.05) is 183 Å². The molecule has 0 amide bonds. The van der Waals surface area contributed by atoms with Gasteiger partial charge in [0.2, 0.25) is 0 Å². The van der Waals surface area contributed by atoms with Gasteiger partial charge in [-0.25, -0.2) is 4.79 Å². The molecule has 0 atom stereocenters. The molecule has 1 aliphatic rings. The molecule has 310 valence electrons. The van der Waals surface area contributed by atoms with E-state index in [1.54, 1.807) is 0 Å². The Morgan fingerprint density at radius 1 is 0.469 bits per heavy atom. The van der Waals surface area contributed by atoms with Crippen molar-refractivity contribution in [3.63, 3.8) is 0 Å². The minimum atomic E-state index is -0.567. The lowest BCUT2D eigenvalue weighted by Crippen LogP contribution is -2.28. The molecule has 0 unspecified atom stereocenters. The Bertz CT molecular complexity index is 3070. The highest BCUT2D eigenvalue weighted by molar-refractivity contribution is 5.94. The maximum Gasteiger partial charge on any atom is 0.343 e. The summed E-state index contributed by atoms with van der Waals surface area (Å²) < 4.78 is 6.07. The summed E-state index contributed by atoms with van der Waals surface area (Å²) in [5.74, 6) is 0.511. The summed E-state index contributed by atoms with van der Waals surface area (Å²) in [7, 11) is 0. The van der Waals surface area contributed by atoms with Crippen LogP contribution in [-0.2, 0) is 5.41 Å². The van der Waals surface area contributed by atoms with Crippen molar-refractivity contribution in [2.24, 2.45) is 0 Å². The van der Waals surface area contributed by atoms with E-state index in [4.69, 9.17) is 4.74 Å². The fraction of sp³-hybridized carbons (Fsp3) is 0.0984. The number of hydrogen-bond acceptors (Lipinski definition) is 3. The molecule has 0 spiro atoms. The number of nitrogens with zero attached hydrogens (tertiary/aromatic N) is 1. The maximum atomic E-state index is 14.1. The van der Waals surface area contributed by atoms with Gasteiger partial charge in [0, 0.05) is 17.1 Å². The van der Waals surface area contributed by atoms with E-state index >= 15 is 0 Å². The average Bonchev–Trinajstić information content (AvgIpc) is 3.63. The fourth-order valence-corrected chi connectivity index (χ4v) is 9.52. The SMILES string of the molecule is Cc1ccc(-c2ccc(N(c3cccc(C(=O)Oc4ccc(-c5cc(C(C)C)ccc5C)cc4)c3)c3ccc4c(c3)C(c3ccccc3)(c3ccccc3)c3ccccc3-4)cc2)cc1. The molecule has 0 radical (unpaired) electrons. The van der Waals surface area contributed by atoms with Gasteiger partial charge in [-0.15, -0.1) is 0 Å². The van der Waals surface area contributed by atoms with Crippen LogP contribution in [0.15, 0.2) is 218 Å². The van der Waals surface area contributed by atoms with Gasteiger partial charge in [0.25, 0.3) is 0 Å². The second-order valence-electron chi connectivity index (χ2n) is 17.2. The number of carbonyl (C=O) groups excluding carboxylic acids is 1. The van der Waals surface area contributed by atoms with Crippen LogP contribution in [0.1, 0.15) is 69.1 Å². The lowest BCUT2D eigenvalue weighted by atomic mass is 9.67. The van der Waals surface area contributed by atoms with E-state index in [1.165, 1.54) is 55.6 Å². The number of benzene rings is 9. The molecule has 0 saturated carbocycles. The molecule has 3 heteroatoms. The molecule has 3 nitrogen and oxygen atoms in total. The summed E-state index contributed by atoms with van der Waals surface area (Å²) in [6.07, 6.45) is 0. The quantitative estimate of drug-likeness (QED) is 0.102. The Hall–Kier alpha value is -7.75. The van der Waals surface area contributed by atoms with E-state index in [-0.39, 0.29) is 0 Å². The van der Waals surface area contributed by atoms with Crippen LogP contribution in [0.25, 0.3) is 33.4 Å². The number of hydrogen-bond donors (Lipinski definition) is 0. The van der Waals surface area contributed by atoms with Gasteiger partial charge < -0.3 is 9.64 Å². The van der Waals surface area contributed by atoms with Crippen molar-refractivity contribution in [2.75, 3.05) is 4.90 Å². The van der Waals surface area contributed by atoms with Crippen LogP contribution >= 0.6 is 0 Å². The zero-order valence-electron chi connectivity index (χ0n) is 36.6. The third-order valence-electron chi connectivity index (χ3n) is 12.9. The van der Waals surface area contributed by atoms with Crippen LogP contribution in [0, 0.1) is 13.8 Å². The topological polar surface area (TPSA) is 29.5 Å². The summed E-state index contributed by atoms with van der Waals surface area (Å²) in [6, 6.07) is 76.9. The zero-order chi connectivity index (χ0) is 43.8. The second kappa shape index (κ2) is 16.8. The van der Waals surface area contributed by atoms with Crippen molar-refractivity contribution in [1.82, 2.24) is 0 Å². The van der Waals surface area contributed by atoms with Crippen molar-refractivity contribution in [3.05, 3.63) is 263 Å². The molecule has 0 aliphatic heterocycles. The van der Waals surface area contributed by atoms with Gasteiger partial charge in [-0.05, 0) is 141 Å². The zero-order valence-corrected chi connectivity index (χ0v) is 36.6. The molecule has 0 N–H and O–H groups in total. The number of ether oxygens (including phenoxy) is 1. The number of fused-ring (bicyclic) bond motifs is 3. The predicted molar refractivity (Wildman–Crippen MR) is 264 cm³/mol. The summed E-state index contributed by atoms with van der Waals surface area (Å²) in [5.41, 5.74) is 18.3. The first-order valence-electron chi connectivity index (χ1n) is 22.1. The molecule has 10 rings (SSSR count). The Kier molecular flexibility index (Phi) is 10.6. The van der Waals surface area contributed by atoms with Crippen LogP contribution in [0.5, 0.6) is 5.75 Å². The highest BCUT2D eigenvalue weighted by atomic mass is 16.5. The fourth-order valence-electron chi connectivity index (χ4n) is 9.52. The second-order valence-corrected chi connectivity index (χ2v) is 17.2. The third kappa shape index (κ3) is 7.29. The highest BCUT2D eigenvalue weighted by Crippen LogP contribution is 2.57. The summed E-state index contributed by atoms with van der Waals surface area (Å²) >= 11 is 0. The van der Waals surface area contributed by atoms with Gasteiger partial charge in [-0.3, -0.25) is 0 Å². The van der Waals surface area contributed by atoms with E-state index in [9.17, 15) is 4.79 Å². The maximum absolute atomic E-state index is 14.1. The van der Waals surface area contributed by atoms with E-state index in [1.807, 2.05) is 42.5 Å². The molecule has 9 aromatic rings. The Morgan fingerprint density at radius 3 is 1.72 bits per heavy atom. The van der Waals surface area contributed by atoms with E-state index in [0.29, 0.717) is 17.2 Å². The van der Waals surface area contributed by atoms with E-state index in [0.717, 1.165) is 33.8 Å². The first-order chi connectivity index (χ1) is 31.3. The monoisotopic (exact) mass is 827 g/mol. The van der Waals surface area contributed by atoms with Crippen LogP contribution in [0.3, 0.4) is 0 Å². The highest BCUT2D eigenvalue weighted by Gasteiger charge is 2.46. The average molecular weight is 828 g/mol. The van der Waals surface area contributed by atoms with Crippen molar-refractivity contribution in [2.45, 2.75) is 39.0 Å². The third-order valence-corrected chi connectivity index (χ3v) is 12.9. The predicted octanol–water partition coefficient (Wildman–Crippen LogP) is 15.8. The van der Waals surface area contributed by atoms with Gasteiger partial charge in [-0.2, -0.15) is 0 Å². The minimum absolute atomic E-state index is 0.418. The van der Waals surface area contributed by atoms with Crippen molar-refractivity contribution in [1.29, 1.82) is 0 Å². The Balaban J connectivity index is 1.07. The standard InChI is InChI=1S/C61H49NO2/c1-41(2)47-27-24-43(4)57(39-47)46-30-35-54(36-31-46)64-60(63)48-14-13-19-52(38-48)62(51-32-28-45(29-33-51)44-25-22-42(3)23-26-44)53-34-37-56-55-20-11-12-21-58(55)61(59(56)40-53,49-15-7-5-8-16-49)50-17-9-6-10-18-50/h5-41H,1-4H3.